The molecule has 0 spiro atoms. The van der Waals surface area contributed by atoms with Gasteiger partial charge in [0.15, 0.2) is 0 Å². The summed E-state index contributed by atoms with van der Waals surface area (Å²) >= 11 is 0. The first-order valence-electron chi connectivity index (χ1n) is 4.98. The van der Waals surface area contributed by atoms with Gasteiger partial charge >= 0.3 is 0 Å². The van der Waals surface area contributed by atoms with Crippen LogP contribution < -0.4 is 0 Å². The number of rotatable bonds is 2. The Morgan fingerprint density at radius 1 is 1.29 bits per heavy atom. The molecule has 14 heavy (non-hydrogen) atoms. The van der Waals surface area contributed by atoms with Crippen LogP contribution >= 0.6 is 0 Å². The zero-order valence-electron chi connectivity index (χ0n) is 8.80. The topological polar surface area (TPSA) is 20.2 Å². The summed E-state index contributed by atoms with van der Waals surface area (Å²) in [4.78, 5) is 0. The van der Waals surface area contributed by atoms with Gasteiger partial charge in [0.1, 0.15) is 5.75 Å². The number of phenols is 1. The van der Waals surface area contributed by atoms with Gasteiger partial charge < -0.3 is 5.11 Å². The van der Waals surface area contributed by atoms with Crippen molar-refractivity contribution < 1.29 is 5.11 Å². The lowest BCUT2D eigenvalue weighted by atomic mass is 10.1. The second-order valence-electron chi connectivity index (χ2n) is 3.33. The van der Waals surface area contributed by atoms with Crippen LogP contribution in [-0.4, -0.2) is 5.11 Å². The van der Waals surface area contributed by atoms with Crippen molar-refractivity contribution in [3.8, 4) is 17.6 Å². The molecule has 0 fully saturated rings. The van der Waals surface area contributed by atoms with Crippen molar-refractivity contribution in [1.82, 2.24) is 0 Å². The van der Waals surface area contributed by atoms with Gasteiger partial charge in [-0.1, -0.05) is 19.1 Å². The largest absolute Gasteiger partial charge is 0.508 e. The van der Waals surface area contributed by atoms with E-state index >= 15 is 0 Å². The molecule has 1 heteroatoms. The Hall–Kier alpha value is -1.42. The predicted octanol–water partition coefficient (Wildman–Crippen LogP) is 3.05. The second-order valence-corrected chi connectivity index (χ2v) is 3.33. The van der Waals surface area contributed by atoms with Crippen LogP contribution in [0.15, 0.2) is 18.2 Å². The molecule has 74 valence electrons. The zero-order valence-corrected chi connectivity index (χ0v) is 8.80. The predicted molar refractivity (Wildman–Crippen MR) is 59.2 cm³/mol. The smallest absolute Gasteiger partial charge is 0.118 e. The van der Waals surface area contributed by atoms with E-state index in [4.69, 9.17) is 0 Å². The molecule has 0 aliphatic rings. The van der Waals surface area contributed by atoms with Crippen LogP contribution in [0.4, 0.5) is 0 Å². The van der Waals surface area contributed by atoms with Gasteiger partial charge in [0, 0.05) is 12.8 Å². The molecule has 1 aromatic carbocycles. The molecule has 1 nitrogen and oxygen atoms in total. The van der Waals surface area contributed by atoms with Crippen molar-refractivity contribution in [3.05, 3.63) is 29.3 Å². The second kappa shape index (κ2) is 5.34. The number of aromatic hydroxyl groups is 1. The van der Waals surface area contributed by atoms with Crippen molar-refractivity contribution in [1.29, 1.82) is 0 Å². The molecule has 0 radical (unpaired) electrons. The van der Waals surface area contributed by atoms with Crippen molar-refractivity contribution in [2.45, 2.75) is 33.1 Å². The minimum absolute atomic E-state index is 0.369. The van der Waals surface area contributed by atoms with Crippen LogP contribution in [0.25, 0.3) is 0 Å². The van der Waals surface area contributed by atoms with E-state index in [0.717, 1.165) is 24.8 Å². The van der Waals surface area contributed by atoms with Gasteiger partial charge in [0.2, 0.25) is 0 Å². The number of hydrogen-bond donors (Lipinski definition) is 1. The quantitative estimate of drug-likeness (QED) is 0.707. The van der Waals surface area contributed by atoms with Gasteiger partial charge in [-0.2, -0.15) is 0 Å². The fourth-order valence-electron chi connectivity index (χ4n) is 1.29. The highest BCUT2D eigenvalue weighted by molar-refractivity contribution is 5.35. The highest BCUT2D eigenvalue weighted by atomic mass is 16.3. The Balaban J connectivity index is 2.55. The van der Waals surface area contributed by atoms with E-state index in [1.54, 1.807) is 6.07 Å². The molecule has 0 aromatic heterocycles. The Morgan fingerprint density at radius 3 is 2.71 bits per heavy atom. The van der Waals surface area contributed by atoms with Crippen molar-refractivity contribution in [2.24, 2.45) is 0 Å². The number of aryl methyl sites for hydroxylation is 2. The summed E-state index contributed by atoms with van der Waals surface area (Å²) in [5, 5.41) is 9.33. The van der Waals surface area contributed by atoms with E-state index in [-0.39, 0.29) is 0 Å². The van der Waals surface area contributed by atoms with Gasteiger partial charge in [-0.15, -0.1) is 11.8 Å². The van der Waals surface area contributed by atoms with Crippen molar-refractivity contribution >= 4 is 0 Å². The van der Waals surface area contributed by atoms with Crippen LogP contribution in [0.1, 0.15) is 30.9 Å². The number of benzene rings is 1. The molecular weight excluding hydrogens is 172 g/mol. The third-order valence-electron chi connectivity index (χ3n) is 2.10. The lowest BCUT2D eigenvalue weighted by molar-refractivity contribution is 0.471. The summed E-state index contributed by atoms with van der Waals surface area (Å²) in [6, 6.07) is 5.72. The molecule has 0 saturated carbocycles. The van der Waals surface area contributed by atoms with Gasteiger partial charge in [0.25, 0.3) is 0 Å². The molecule has 0 unspecified atom stereocenters. The van der Waals surface area contributed by atoms with Crippen LogP contribution in [0.3, 0.4) is 0 Å². The van der Waals surface area contributed by atoms with Gasteiger partial charge in [-0.05, 0) is 30.5 Å². The number of hydrogen-bond acceptors (Lipinski definition) is 1. The first kappa shape index (κ1) is 10.7. The third kappa shape index (κ3) is 3.14. The molecule has 1 rings (SSSR count). The monoisotopic (exact) mass is 188 g/mol. The Morgan fingerprint density at radius 2 is 2.07 bits per heavy atom. The van der Waals surface area contributed by atoms with E-state index in [1.165, 1.54) is 5.56 Å². The van der Waals surface area contributed by atoms with Gasteiger partial charge in [-0.3, -0.25) is 0 Å². The van der Waals surface area contributed by atoms with Crippen LogP contribution in [0.2, 0.25) is 0 Å². The average molecular weight is 188 g/mol. The molecule has 0 aliphatic carbocycles. The van der Waals surface area contributed by atoms with Crippen LogP contribution in [-0.2, 0) is 6.42 Å². The maximum absolute atomic E-state index is 9.33. The maximum Gasteiger partial charge on any atom is 0.118 e. The standard InChI is InChI=1S/C13H16O/c1-3-4-5-6-7-12-8-9-13(14)11(2)10-12/h8-10,14H,3,6-7H2,1-2H3. The molecule has 0 bridgehead atoms. The summed E-state index contributed by atoms with van der Waals surface area (Å²) in [5.74, 6) is 6.52. The Bertz CT molecular complexity index is 355. The fourth-order valence-corrected chi connectivity index (χ4v) is 1.29. The van der Waals surface area contributed by atoms with E-state index < -0.39 is 0 Å². The molecule has 0 aliphatic heterocycles. The van der Waals surface area contributed by atoms with Gasteiger partial charge in [0.05, 0.1) is 0 Å². The molecule has 1 aromatic rings. The minimum atomic E-state index is 0.369. The lowest BCUT2D eigenvalue weighted by Gasteiger charge is -2.01. The zero-order chi connectivity index (χ0) is 10.4. The summed E-state index contributed by atoms with van der Waals surface area (Å²) in [7, 11) is 0. The summed E-state index contributed by atoms with van der Waals surface area (Å²) in [6.07, 6.45) is 2.79. The summed E-state index contributed by atoms with van der Waals surface area (Å²) < 4.78 is 0. The van der Waals surface area contributed by atoms with Gasteiger partial charge in [-0.25, -0.2) is 0 Å². The highest BCUT2D eigenvalue weighted by Crippen LogP contribution is 2.17. The highest BCUT2D eigenvalue weighted by Gasteiger charge is 1.96. The van der Waals surface area contributed by atoms with Crippen molar-refractivity contribution in [3.63, 3.8) is 0 Å². The minimum Gasteiger partial charge on any atom is -0.508 e. The van der Waals surface area contributed by atoms with E-state index in [1.807, 2.05) is 19.1 Å². The first-order valence-corrected chi connectivity index (χ1v) is 4.98. The van der Waals surface area contributed by atoms with Crippen molar-refractivity contribution in [2.75, 3.05) is 0 Å². The number of phenolic OH excluding ortho intramolecular Hbond substituents is 1. The average Bonchev–Trinajstić information content (AvgIpc) is 2.18. The molecular formula is C13H16O. The van der Waals surface area contributed by atoms with Crippen LogP contribution in [0, 0.1) is 18.8 Å². The third-order valence-corrected chi connectivity index (χ3v) is 2.10. The fraction of sp³-hybridized carbons (Fsp3) is 0.385. The Labute approximate surface area is 85.8 Å². The van der Waals surface area contributed by atoms with E-state index in [0.29, 0.717) is 5.75 Å². The maximum atomic E-state index is 9.33. The molecule has 0 amide bonds. The molecule has 0 heterocycles. The lowest BCUT2D eigenvalue weighted by Crippen LogP contribution is -1.85. The normalized spacial score (nSPS) is 9.29. The Kier molecular flexibility index (Phi) is 4.07. The summed E-state index contributed by atoms with van der Waals surface area (Å²) in [6.45, 7) is 3.97. The van der Waals surface area contributed by atoms with E-state index in [2.05, 4.69) is 18.8 Å². The molecule has 0 atom stereocenters. The first-order chi connectivity index (χ1) is 6.74. The molecule has 1 N–H and O–H groups in total. The van der Waals surface area contributed by atoms with Crippen LogP contribution in [0.5, 0.6) is 5.75 Å². The SMILES string of the molecule is CCC#CCCc1ccc(O)c(C)c1. The summed E-state index contributed by atoms with van der Waals surface area (Å²) in [5.41, 5.74) is 2.18. The molecule has 0 saturated heterocycles. The van der Waals surface area contributed by atoms with E-state index in [9.17, 15) is 5.11 Å².